The van der Waals surface area contributed by atoms with Crippen molar-refractivity contribution in [3.05, 3.63) is 59.7 Å². The van der Waals surface area contributed by atoms with Gasteiger partial charge in [0.15, 0.2) is 11.5 Å². The van der Waals surface area contributed by atoms with Crippen LogP contribution >= 0.6 is 0 Å². The topological polar surface area (TPSA) is 50.8 Å². The summed E-state index contributed by atoms with van der Waals surface area (Å²) >= 11 is 0. The van der Waals surface area contributed by atoms with Crippen molar-refractivity contribution in [3.8, 4) is 11.5 Å². The molecule has 0 saturated carbocycles. The molecule has 0 bridgehead atoms. The number of hydrogen-bond acceptors (Lipinski definition) is 4. The Kier molecular flexibility index (Phi) is 6.12. The zero-order valence-corrected chi connectivity index (χ0v) is 15.4. The summed E-state index contributed by atoms with van der Waals surface area (Å²) in [5.74, 6) is 1.91. The van der Waals surface area contributed by atoms with Crippen LogP contribution in [0.4, 0.5) is 0 Å². The SMILES string of the molecule is CCN(CC(=O)NCC(C)c1ccccc1)Cc1ccc2c(c1)OCO2. The van der Waals surface area contributed by atoms with Crippen LogP contribution in [-0.4, -0.2) is 37.2 Å². The van der Waals surface area contributed by atoms with Gasteiger partial charge in [0.05, 0.1) is 6.54 Å². The van der Waals surface area contributed by atoms with Crippen molar-refractivity contribution in [2.45, 2.75) is 26.3 Å². The molecule has 1 aliphatic heterocycles. The van der Waals surface area contributed by atoms with Gasteiger partial charge in [-0.05, 0) is 35.7 Å². The van der Waals surface area contributed by atoms with Crippen LogP contribution in [0.25, 0.3) is 0 Å². The summed E-state index contributed by atoms with van der Waals surface area (Å²) in [4.78, 5) is 14.4. The molecule has 0 aromatic heterocycles. The van der Waals surface area contributed by atoms with Gasteiger partial charge in [-0.25, -0.2) is 0 Å². The largest absolute Gasteiger partial charge is 0.454 e. The molecule has 2 aromatic rings. The highest BCUT2D eigenvalue weighted by Gasteiger charge is 2.16. The number of likely N-dealkylation sites (N-methyl/N-ethyl adjacent to an activating group) is 1. The molecule has 1 unspecified atom stereocenters. The molecule has 26 heavy (non-hydrogen) atoms. The summed E-state index contributed by atoms with van der Waals surface area (Å²) in [6.45, 7) is 6.99. The van der Waals surface area contributed by atoms with Crippen molar-refractivity contribution >= 4 is 5.91 Å². The molecular weight excluding hydrogens is 328 g/mol. The fraction of sp³-hybridized carbons (Fsp3) is 0.381. The van der Waals surface area contributed by atoms with E-state index in [2.05, 4.69) is 36.2 Å². The first-order valence-corrected chi connectivity index (χ1v) is 9.08. The van der Waals surface area contributed by atoms with Gasteiger partial charge >= 0.3 is 0 Å². The van der Waals surface area contributed by atoms with E-state index in [0.717, 1.165) is 23.6 Å². The first kappa shape index (κ1) is 18.3. The summed E-state index contributed by atoms with van der Waals surface area (Å²) < 4.78 is 10.8. The van der Waals surface area contributed by atoms with Gasteiger partial charge in [-0.2, -0.15) is 0 Å². The predicted molar refractivity (Wildman–Crippen MR) is 101 cm³/mol. The van der Waals surface area contributed by atoms with Gasteiger partial charge < -0.3 is 14.8 Å². The quantitative estimate of drug-likeness (QED) is 0.791. The lowest BCUT2D eigenvalue weighted by Crippen LogP contribution is -2.38. The minimum atomic E-state index is 0.0513. The fourth-order valence-corrected chi connectivity index (χ4v) is 3.00. The van der Waals surface area contributed by atoms with Crippen LogP contribution in [0, 0.1) is 0 Å². The van der Waals surface area contributed by atoms with E-state index in [1.54, 1.807) is 0 Å². The Balaban J connectivity index is 1.49. The fourth-order valence-electron chi connectivity index (χ4n) is 3.00. The average molecular weight is 354 g/mol. The first-order chi connectivity index (χ1) is 12.7. The van der Waals surface area contributed by atoms with Gasteiger partial charge in [0.25, 0.3) is 0 Å². The predicted octanol–water partition coefficient (Wildman–Crippen LogP) is 3.16. The summed E-state index contributed by atoms with van der Waals surface area (Å²) in [6.07, 6.45) is 0. The third-order valence-electron chi connectivity index (χ3n) is 4.63. The van der Waals surface area contributed by atoms with Crippen molar-refractivity contribution < 1.29 is 14.3 Å². The molecule has 0 aliphatic carbocycles. The Morgan fingerprint density at radius 1 is 1.15 bits per heavy atom. The van der Waals surface area contributed by atoms with E-state index in [4.69, 9.17) is 9.47 Å². The van der Waals surface area contributed by atoms with Gasteiger partial charge in [0, 0.05) is 13.1 Å². The number of nitrogens with zero attached hydrogens (tertiary/aromatic N) is 1. The Bertz CT molecular complexity index is 733. The molecule has 0 radical (unpaired) electrons. The number of nitrogens with one attached hydrogen (secondary N) is 1. The number of carbonyl (C=O) groups is 1. The lowest BCUT2D eigenvalue weighted by Gasteiger charge is -2.21. The molecule has 5 heteroatoms. The van der Waals surface area contributed by atoms with Crippen molar-refractivity contribution in [1.29, 1.82) is 0 Å². The number of ether oxygens (including phenoxy) is 2. The molecule has 1 aliphatic rings. The molecule has 5 nitrogen and oxygen atoms in total. The second-order valence-electron chi connectivity index (χ2n) is 6.61. The van der Waals surface area contributed by atoms with Crippen LogP contribution in [0.15, 0.2) is 48.5 Å². The maximum atomic E-state index is 12.3. The third-order valence-corrected chi connectivity index (χ3v) is 4.63. The van der Waals surface area contributed by atoms with Gasteiger partial charge in [-0.15, -0.1) is 0 Å². The molecule has 0 fully saturated rings. The van der Waals surface area contributed by atoms with Crippen molar-refractivity contribution in [2.24, 2.45) is 0 Å². The van der Waals surface area contributed by atoms with E-state index in [1.807, 2.05) is 36.4 Å². The lowest BCUT2D eigenvalue weighted by molar-refractivity contribution is -0.122. The van der Waals surface area contributed by atoms with Crippen LogP contribution in [0.3, 0.4) is 0 Å². The molecule has 1 amide bonds. The summed E-state index contributed by atoms with van der Waals surface area (Å²) in [7, 11) is 0. The Hall–Kier alpha value is -2.53. The minimum Gasteiger partial charge on any atom is -0.454 e. The lowest BCUT2D eigenvalue weighted by atomic mass is 10.0. The zero-order valence-electron chi connectivity index (χ0n) is 15.4. The summed E-state index contributed by atoms with van der Waals surface area (Å²) in [6, 6.07) is 16.2. The molecule has 0 saturated heterocycles. The normalized spacial score (nSPS) is 13.7. The highest BCUT2D eigenvalue weighted by Crippen LogP contribution is 2.32. The van der Waals surface area contributed by atoms with Crippen LogP contribution < -0.4 is 14.8 Å². The van der Waals surface area contributed by atoms with Crippen LogP contribution in [0.5, 0.6) is 11.5 Å². The van der Waals surface area contributed by atoms with E-state index in [1.165, 1.54) is 5.56 Å². The monoisotopic (exact) mass is 354 g/mol. The van der Waals surface area contributed by atoms with E-state index in [9.17, 15) is 4.79 Å². The number of fused-ring (bicyclic) bond motifs is 1. The maximum absolute atomic E-state index is 12.3. The number of amides is 1. The second-order valence-corrected chi connectivity index (χ2v) is 6.61. The molecule has 138 valence electrons. The van der Waals surface area contributed by atoms with Crippen molar-refractivity contribution in [2.75, 3.05) is 26.4 Å². The second kappa shape index (κ2) is 8.72. The van der Waals surface area contributed by atoms with Crippen LogP contribution in [0.1, 0.15) is 30.9 Å². The van der Waals surface area contributed by atoms with Crippen molar-refractivity contribution in [1.82, 2.24) is 10.2 Å². The van der Waals surface area contributed by atoms with E-state index >= 15 is 0 Å². The highest BCUT2D eigenvalue weighted by atomic mass is 16.7. The van der Waals surface area contributed by atoms with Crippen LogP contribution in [-0.2, 0) is 11.3 Å². The molecule has 1 heterocycles. The minimum absolute atomic E-state index is 0.0513. The van der Waals surface area contributed by atoms with Gasteiger partial charge in [0.1, 0.15) is 0 Å². The van der Waals surface area contributed by atoms with E-state index in [0.29, 0.717) is 25.6 Å². The van der Waals surface area contributed by atoms with Gasteiger partial charge in [0.2, 0.25) is 12.7 Å². The first-order valence-electron chi connectivity index (χ1n) is 9.08. The number of rotatable bonds is 8. The van der Waals surface area contributed by atoms with Gasteiger partial charge in [-0.3, -0.25) is 9.69 Å². The van der Waals surface area contributed by atoms with Gasteiger partial charge in [-0.1, -0.05) is 50.2 Å². The molecule has 3 rings (SSSR count). The Morgan fingerprint density at radius 2 is 1.92 bits per heavy atom. The number of benzene rings is 2. The van der Waals surface area contributed by atoms with E-state index in [-0.39, 0.29) is 12.7 Å². The van der Waals surface area contributed by atoms with Crippen LogP contribution in [0.2, 0.25) is 0 Å². The Morgan fingerprint density at radius 3 is 2.69 bits per heavy atom. The smallest absolute Gasteiger partial charge is 0.234 e. The zero-order chi connectivity index (χ0) is 18.4. The summed E-state index contributed by atoms with van der Waals surface area (Å²) in [5, 5.41) is 3.05. The number of carbonyl (C=O) groups excluding carboxylic acids is 1. The standard InChI is InChI=1S/C21H26N2O3/c1-3-23(13-17-9-10-19-20(11-17)26-15-25-19)14-21(24)22-12-16(2)18-7-5-4-6-8-18/h4-11,16H,3,12-15H2,1-2H3,(H,22,24). The Labute approximate surface area is 154 Å². The summed E-state index contributed by atoms with van der Waals surface area (Å²) in [5.41, 5.74) is 2.35. The average Bonchev–Trinajstić information content (AvgIpc) is 3.14. The molecule has 1 atom stereocenters. The molecule has 1 N–H and O–H groups in total. The molecule has 2 aromatic carbocycles. The number of hydrogen-bond donors (Lipinski definition) is 1. The van der Waals surface area contributed by atoms with E-state index < -0.39 is 0 Å². The third kappa shape index (κ3) is 4.76. The highest BCUT2D eigenvalue weighted by molar-refractivity contribution is 5.78. The molecule has 0 spiro atoms. The molecular formula is C21H26N2O3. The van der Waals surface area contributed by atoms with Crippen molar-refractivity contribution in [3.63, 3.8) is 0 Å². The maximum Gasteiger partial charge on any atom is 0.234 e.